The fourth-order valence-electron chi connectivity index (χ4n) is 3.27. The van der Waals surface area contributed by atoms with Crippen molar-refractivity contribution >= 4 is 32.9 Å². The average Bonchev–Trinajstić information content (AvgIpc) is 3.01. The first-order valence-corrected chi connectivity index (χ1v) is 10.0. The first-order chi connectivity index (χ1) is 12.4. The molecule has 0 unspecified atom stereocenters. The van der Waals surface area contributed by atoms with Gasteiger partial charge in [0.25, 0.3) is 0 Å². The molecule has 0 saturated carbocycles. The monoisotopic (exact) mass is 391 g/mol. The average molecular weight is 392 g/mol. The van der Waals surface area contributed by atoms with Crippen molar-refractivity contribution in [2.45, 2.75) is 22.8 Å². The lowest BCUT2D eigenvalue weighted by atomic mass is 10.1. The Hall–Kier alpha value is -2.16. The molecule has 1 aromatic carbocycles. The Morgan fingerprint density at radius 3 is 2.85 bits per heavy atom. The molecule has 1 aliphatic heterocycles. The van der Waals surface area contributed by atoms with Gasteiger partial charge in [-0.15, -0.1) is 5.10 Å². The van der Waals surface area contributed by atoms with E-state index in [0.717, 1.165) is 30.8 Å². The van der Waals surface area contributed by atoms with Crippen molar-refractivity contribution in [3.8, 4) is 0 Å². The molecule has 1 N–H and O–H groups in total. The number of rotatable bonds is 3. The largest absolute Gasteiger partial charge is 0.370 e. The van der Waals surface area contributed by atoms with Gasteiger partial charge in [0.1, 0.15) is 0 Å². The topological polar surface area (TPSA) is 79.6 Å². The Bertz CT molecular complexity index is 1110. The van der Waals surface area contributed by atoms with E-state index >= 15 is 0 Å². The number of benzene rings is 1. The molecule has 9 heteroatoms. The minimum absolute atomic E-state index is 0.0731. The van der Waals surface area contributed by atoms with Gasteiger partial charge in [0.15, 0.2) is 16.4 Å². The predicted molar refractivity (Wildman–Crippen MR) is 99.5 cm³/mol. The molecule has 0 bridgehead atoms. The summed E-state index contributed by atoms with van der Waals surface area (Å²) in [5.41, 5.74) is 2.39. The molecular weight excluding hydrogens is 374 g/mol. The lowest BCUT2D eigenvalue weighted by molar-refractivity contribution is 0.307. The molecular formula is C17H18ClN5O2S. The molecule has 0 atom stereocenters. The summed E-state index contributed by atoms with van der Waals surface area (Å²) in [5, 5.41) is 7.76. The summed E-state index contributed by atoms with van der Waals surface area (Å²) in [6.45, 7) is 1.65. The number of aromatic nitrogens is 3. The summed E-state index contributed by atoms with van der Waals surface area (Å²) in [5.74, 6) is 0.282. The maximum absolute atomic E-state index is 13.3. The van der Waals surface area contributed by atoms with Crippen LogP contribution in [0.2, 0.25) is 5.02 Å². The van der Waals surface area contributed by atoms with Crippen molar-refractivity contribution < 1.29 is 8.42 Å². The molecule has 0 radical (unpaired) electrons. The molecule has 0 saturated heterocycles. The smallest absolute Gasteiger partial charge is 0.214 e. The summed E-state index contributed by atoms with van der Waals surface area (Å²) in [4.78, 5) is 6.82. The maximum Gasteiger partial charge on any atom is 0.214 e. The van der Waals surface area contributed by atoms with Crippen LogP contribution in [0.25, 0.3) is 5.65 Å². The molecule has 0 spiro atoms. The summed E-state index contributed by atoms with van der Waals surface area (Å²) < 4.78 is 28.2. The van der Waals surface area contributed by atoms with Crippen molar-refractivity contribution in [2.75, 3.05) is 26.0 Å². The van der Waals surface area contributed by atoms with Gasteiger partial charge in [0.2, 0.25) is 9.84 Å². The van der Waals surface area contributed by atoms with Crippen LogP contribution in [0.15, 0.2) is 40.3 Å². The Morgan fingerprint density at radius 1 is 1.31 bits per heavy atom. The van der Waals surface area contributed by atoms with Gasteiger partial charge in [0, 0.05) is 43.3 Å². The highest BCUT2D eigenvalue weighted by atomic mass is 35.5. The molecule has 4 rings (SSSR count). The predicted octanol–water partition coefficient (Wildman–Crippen LogP) is 2.25. The van der Waals surface area contributed by atoms with Crippen LogP contribution in [-0.2, 0) is 22.8 Å². The highest BCUT2D eigenvalue weighted by Crippen LogP contribution is 2.32. The zero-order valence-corrected chi connectivity index (χ0v) is 16.0. The number of fused-ring (bicyclic) bond motifs is 3. The van der Waals surface area contributed by atoms with Crippen molar-refractivity contribution in [2.24, 2.45) is 0 Å². The second-order valence-electron chi connectivity index (χ2n) is 6.34. The summed E-state index contributed by atoms with van der Waals surface area (Å²) in [6, 6.07) is 6.22. The van der Waals surface area contributed by atoms with E-state index in [4.69, 9.17) is 11.6 Å². The Morgan fingerprint density at radius 2 is 2.12 bits per heavy atom. The number of nitrogens with zero attached hydrogens (tertiary/aromatic N) is 4. The first kappa shape index (κ1) is 17.3. The van der Waals surface area contributed by atoms with Gasteiger partial charge in [-0.2, -0.15) is 0 Å². The van der Waals surface area contributed by atoms with Crippen LogP contribution < -0.4 is 5.32 Å². The standard InChI is InChI=1S/C17H18ClN5O2S/c1-19-16-15(26(24,25)13-5-3-4-12(18)8-13)17-20-9-11-10-22(2)7-6-14(11)23(17)21-16/h3-5,8-9H,6-7,10H2,1-2H3,(H,19,21). The third-order valence-corrected chi connectivity index (χ3v) is 6.59. The first-order valence-electron chi connectivity index (χ1n) is 8.18. The molecule has 0 fully saturated rings. The van der Waals surface area contributed by atoms with Crippen LogP contribution in [0.5, 0.6) is 0 Å². The summed E-state index contributed by atoms with van der Waals surface area (Å²) >= 11 is 5.99. The van der Waals surface area contributed by atoms with Gasteiger partial charge in [-0.05, 0) is 25.2 Å². The van der Waals surface area contributed by atoms with E-state index < -0.39 is 9.84 Å². The zero-order chi connectivity index (χ0) is 18.5. The Kier molecular flexibility index (Phi) is 4.13. The second-order valence-corrected chi connectivity index (χ2v) is 8.66. The third-order valence-electron chi connectivity index (χ3n) is 4.57. The fraction of sp³-hybridized carbons (Fsp3) is 0.294. The van der Waals surface area contributed by atoms with Gasteiger partial charge in [0.05, 0.1) is 10.6 Å². The van der Waals surface area contributed by atoms with Crippen molar-refractivity contribution in [1.29, 1.82) is 0 Å². The number of hydrogen-bond acceptors (Lipinski definition) is 6. The number of likely N-dealkylation sites (N-methyl/N-ethyl adjacent to an activating group) is 1. The zero-order valence-electron chi connectivity index (χ0n) is 14.4. The van der Waals surface area contributed by atoms with E-state index in [0.29, 0.717) is 10.7 Å². The third kappa shape index (κ3) is 2.65. The molecule has 7 nitrogen and oxygen atoms in total. The normalized spacial score (nSPS) is 15.2. The van der Waals surface area contributed by atoms with Crippen LogP contribution in [0.1, 0.15) is 11.3 Å². The SMILES string of the molecule is CNc1nn2c3c(cnc2c1S(=O)(=O)c1cccc(Cl)c1)CN(C)CC3. The highest BCUT2D eigenvalue weighted by molar-refractivity contribution is 7.91. The summed E-state index contributed by atoms with van der Waals surface area (Å²) in [7, 11) is -0.130. The lowest BCUT2D eigenvalue weighted by Gasteiger charge is -2.24. The van der Waals surface area contributed by atoms with E-state index in [9.17, 15) is 8.42 Å². The molecule has 0 aliphatic carbocycles. The number of sulfone groups is 1. The molecule has 3 aromatic rings. The van der Waals surface area contributed by atoms with E-state index in [-0.39, 0.29) is 15.6 Å². The molecule has 136 valence electrons. The van der Waals surface area contributed by atoms with Gasteiger partial charge < -0.3 is 10.2 Å². The van der Waals surface area contributed by atoms with Gasteiger partial charge in [-0.25, -0.2) is 17.9 Å². The molecule has 1 aliphatic rings. The fourth-order valence-corrected chi connectivity index (χ4v) is 5.08. The lowest BCUT2D eigenvalue weighted by Crippen LogP contribution is -2.28. The van der Waals surface area contributed by atoms with Gasteiger partial charge in [-0.3, -0.25) is 0 Å². The second kappa shape index (κ2) is 6.22. The number of nitrogens with one attached hydrogen (secondary N) is 1. The van der Waals surface area contributed by atoms with Crippen LogP contribution in [0, 0.1) is 0 Å². The van der Waals surface area contributed by atoms with Crippen molar-refractivity contribution in [1.82, 2.24) is 19.5 Å². The van der Waals surface area contributed by atoms with E-state index in [2.05, 4.69) is 20.3 Å². The van der Waals surface area contributed by atoms with Crippen molar-refractivity contribution in [3.05, 3.63) is 46.7 Å². The molecule has 3 heterocycles. The minimum Gasteiger partial charge on any atom is -0.370 e. The molecule has 26 heavy (non-hydrogen) atoms. The van der Waals surface area contributed by atoms with Crippen molar-refractivity contribution in [3.63, 3.8) is 0 Å². The molecule has 0 amide bonds. The van der Waals surface area contributed by atoms with E-state index in [1.165, 1.54) is 12.1 Å². The van der Waals surface area contributed by atoms with E-state index in [1.54, 1.807) is 29.9 Å². The maximum atomic E-state index is 13.3. The Labute approximate surface area is 156 Å². The highest BCUT2D eigenvalue weighted by Gasteiger charge is 2.30. The van der Waals surface area contributed by atoms with Gasteiger partial charge in [-0.1, -0.05) is 17.7 Å². The summed E-state index contributed by atoms with van der Waals surface area (Å²) in [6.07, 6.45) is 2.53. The van der Waals surface area contributed by atoms with Gasteiger partial charge >= 0.3 is 0 Å². The number of halogens is 1. The Balaban J connectivity index is 1.98. The minimum atomic E-state index is -3.83. The van der Waals surface area contributed by atoms with E-state index in [1.807, 2.05) is 7.05 Å². The van der Waals surface area contributed by atoms with Crippen LogP contribution in [-0.4, -0.2) is 48.6 Å². The van der Waals surface area contributed by atoms with Crippen LogP contribution in [0.3, 0.4) is 0 Å². The van der Waals surface area contributed by atoms with Crippen LogP contribution in [0.4, 0.5) is 5.82 Å². The van der Waals surface area contributed by atoms with Crippen LogP contribution >= 0.6 is 11.6 Å². The number of hydrogen-bond donors (Lipinski definition) is 1. The molecule has 2 aromatic heterocycles. The number of anilines is 1. The quantitative estimate of drug-likeness (QED) is 0.737.